The summed E-state index contributed by atoms with van der Waals surface area (Å²) in [4.78, 5) is 9.64. The highest BCUT2D eigenvalue weighted by molar-refractivity contribution is 5.79. The third-order valence-corrected chi connectivity index (χ3v) is 6.44. The number of rotatable bonds is 7. The van der Waals surface area contributed by atoms with Crippen molar-refractivity contribution >= 4 is 5.96 Å². The number of hydrogen-bond donors (Lipinski definition) is 2. The zero-order valence-electron chi connectivity index (χ0n) is 18.5. The van der Waals surface area contributed by atoms with Gasteiger partial charge in [-0.3, -0.25) is 9.89 Å². The van der Waals surface area contributed by atoms with Crippen LogP contribution in [0.1, 0.15) is 37.7 Å². The van der Waals surface area contributed by atoms with Gasteiger partial charge in [-0.05, 0) is 78.0 Å². The summed E-state index contributed by atoms with van der Waals surface area (Å²) in [5.74, 6) is 1.78. The Bertz CT molecular complexity index is 631. The summed E-state index contributed by atoms with van der Waals surface area (Å²) in [6, 6.07) is 8.19. The molecule has 0 unspecified atom stereocenters. The van der Waals surface area contributed by atoms with Gasteiger partial charge in [-0.15, -0.1) is 0 Å². The first-order valence-corrected chi connectivity index (χ1v) is 11.2. The van der Waals surface area contributed by atoms with E-state index in [2.05, 4.69) is 51.5 Å². The Kier molecular flexibility index (Phi) is 8.19. The highest BCUT2D eigenvalue weighted by Gasteiger charge is 2.39. The normalized spacial score (nSPS) is 21.0. The number of likely N-dealkylation sites (tertiary alicyclic amines) is 2. The Labute approximate surface area is 176 Å². The van der Waals surface area contributed by atoms with Crippen molar-refractivity contribution in [2.75, 3.05) is 60.0 Å². The summed E-state index contributed by atoms with van der Waals surface area (Å²) in [6.07, 6.45) is 6.50. The smallest absolute Gasteiger partial charge is 0.191 e. The topological polar surface area (TPSA) is 52.1 Å². The number of aliphatic imine (C=N–C) groups is 1. The Morgan fingerprint density at radius 2 is 1.72 bits per heavy atom. The van der Waals surface area contributed by atoms with Gasteiger partial charge in [0.2, 0.25) is 0 Å². The fourth-order valence-corrected chi connectivity index (χ4v) is 4.45. The molecule has 2 heterocycles. The van der Waals surface area contributed by atoms with Gasteiger partial charge in [0.1, 0.15) is 12.4 Å². The fourth-order valence-electron chi connectivity index (χ4n) is 4.45. The van der Waals surface area contributed by atoms with Gasteiger partial charge in [-0.1, -0.05) is 24.1 Å². The first-order valence-electron chi connectivity index (χ1n) is 11.2. The second-order valence-electron chi connectivity index (χ2n) is 8.59. The largest absolute Gasteiger partial charge is 0.492 e. The third-order valence-electron chi connectivity index (χ3n) is 6.44. The number of aryl methyl sites for hydroxylation is 1. The van der Waals surface area contributed by atoms with E-state index < -0.39 is 0 Å². The van der Waals surface area contributed by atoms with Gasteiger partial charge in [0.15, 0.2) is 5.96 Å². The summed E-state index contributed by atoms with van der Waals surface area (Å²) >= 11 is 0. The standard InChI is InChI=1S/C23H39N5O/c1-20-7-9-21(10-8-20)29-18-13-25-22(24-2)26-19-23(11-16-27(3)17-12-23)28-14-5-4-6-15-28/h7-10H,4-6,11-19H2,1-3H3,(H2,24,25,26). The van der Waals surface area contributed by atoms with Crippen LogP contribution in [0.3, 0.4) is 0 Å². The molecule has 1 aromatic rings. The molecule has 0 amide bonds. The number of benzene rings is 1. The van der Waals surface area contributed by atoms with Crippen molar-refractivity contribution < 1.29 is 4.74 Å². The van der Waals surface area contributed by atoms with Gasteiger partial charge in [0.05, 0.1) is 6.54 Å². The molecule has 0 atom stereocenters. The lowest BCUT2D eigenvalue weighted by atomic mass is 9.84. The minimum Gasteiger partial charge on any atom is -0.492 e. The van der Waals surface area contributed by atoms with Crippen molar-refractivity contribution in [1.29, 1.82) is 0 Å². The highest BCUT2D eigenvalue weighted by atomic mass is 16.5. The number of hydrogen-bond acceptors (Lipinski definition) is 4. The molecule has 2 aliphatic rings. The molecular weight excluding hydrogens is 362 g/mol. The average molecular weight is 402 g/mol. The van der Waals surface area contributed by atoms with Gasteiger partial charge in [-0.2, -0.15) is 0 Å². The van der Waals surface area contributed by atoms with Crippen LogP contribution in [-0.2, 0) is 0 Å². The molecule has 0 aliphatic carbocycles. The van der Waals surface area contributed by atoms with Gasteiger partial charge in [-0.25, -0.2) is 0 Å². The van der Waals surface area contributed by atoms with Crippen LogP contribution >= 0.6 is 0 Å². The lowest BCUT2D eigenvalue weighted by molar-refractivity contribution is 0.0173. The highest BCUT2D eigenvalue weighted by Crippen LogP contribution is 2.30. The molecule has 2 N–H and O–H groups in total. The van der Waals surface area contributed by atoms with Crippen LogP contribution in [0.5, 0.6) is 5.75 Å². The Balaban J connectivity index is 1.47. The third kappa shape index (κ3) is 6.34. The molecule has 0 aromatic heterocycles. The summed E-state index contributed by atoms with van der Waals surface area (Å²) in [5, 5.41) is 7.03. The van der Waals surface area contributed by atoms with Crippen LogP contribution in [0.2, 0.25) is 0 Å². The zero-order chi connectivity index (χ0) is 20.5. The van der Waals surface area contributed by atoms with Crippen molar-refractivity contribution in [3.8, 4) is 5.75 Å². The van der Waals surface area contributed by atoms with E-state index in [9.17, 15) is 0 Å². The van der Waals surface area contributed by atoms with Crippen LogP contribution in [0.4, 0.5) is 0 Å². The number of nitrogens with zero attached hydrogens (tertiary/aromatic N) is 3. The summed E-state index contributed by atoms with van der Waals surface area (Å²) < 4.78 is 5.82. The molecule has 2 aliphatic heterocycles. The van der Waals surface area contributed by atoms with Gasteiger partial charge >= 0.3 is 0 Å². The Hall–Kier alpha value is -1.79. The van der Waals surface area contributed by atoms with Crippen molar-refractivity contribution in [2.24, 2.45) is 4.99 Å². The molecule has 162 valence electrons. The van der Waals surface area contributed by atoms with E-state index in [-0.39, 0.29) is 5.54 Å². The van der Waals surface area contributed by atoms with E-state index in [1.807, 2.05) is 19.2 Å². The van der Waals surface area contributed by atoms with Gasteiger partial charge in [0, 0.05) is 19.1 Å². The first-order chi connectivity index (χ1) is 14.1. The van der Waals surface area contributed by atoms with E-state index in [1.54, 1.807) is 0 Å². The lowest BCUT2D eigenvalue weighted by Crippen LogP contribution is -2.62. The van der Waals surface area contributed by atoms with Crippen molar-refractivity contribution in [2.45, 2.75) is 44.6 Å². The van der Waals surface area contributed by atoms with Crippen molar-refractivity contribution in [3.05, 3.63) is 29.8 Å². The monoisotopic (exact) mass is 401 g/mol. The van der Waals surface area contributed by atoms with E-state index in [1.165, 1.54) is 63.8 Å². The molecule has 2 saturated heterocycles. The molecule has 0 spiro atoms. The molecule has 6 nitrogen and oxygen atoms in total. The van der Waals surface area contributed by atoms with E-state index in [4.69, 9.17) is 4.74 Å². The summed E-state index contributed by atoms with van der Waals surface area (Å²) in [6.45, 7) is 9.22. The maximum atomic E-state index is 5.82. The number of guanidine groups is 1. The van der Waals surface area contributed by atoms with Crippen LogP contribution in [0.25, 0.3) is 0 Å². The summed E-state index contributed by atoms with van der Waals surface area (Å²) in [7, 11) is 4.08. The molecule has 0 radical (unpaired) electrons. The average Bonchev–Trinajstić information content (AvgIpc) is 2.76. The van der Waals surface area contributed by atoms with Crippen LogP contribution in [0.15, 0.2) is 29.3 Å². The van der Waals surface area contributed by atoms with Crippen molar-refractivity contribution in [3.63, 3.8) is 0 Å². The molecule has 29 heavy (non-hydrogen) atoms. The molecular formula is C23H39N5O. The molecule has 0 bridgehead atoms. The molecule has 2 fully saturated rings. The SMILES string of the molecule is CN=C(NCCOc1ccc(C)cc1)NCC1(N2CCCCC2)CCN(C)CC1. The van der Waals surface area contributed by atoms with Gasteiger partial charge in [0.25, 0.3) is 0 Å². The molecule has 6 heteroatoms. The van der Waals surface area contributed by atoms with Crippen LogP contribution in [-0.4, -0.2) is 81.3 Å². The minimum atomic E-state index is 0.253. The fraction of sp³-hybridized carbons (Fsp3) is 0.696. The summed E-state index contributed by atoms with van der Waals surface area (Å²) in [5.41, 5.74) is 1.50. The lowest BCUT2D eigenvalue weighted by Gasteiger charge is -2.50. The maximum absolute atomic E-state index is 5.82. The van der Waals surface area contributed by atoms with E-state index >= 15 is 0 Å². The Morgan fingerprint density at radius 1 is 1.03 bits per heavy atom. The van der Waals surface area contributed by atoms with E-state index in [0.29, 0.717) is 6.61 Å². The van der Waals surface area contributed by atoms with E-state index in [0.717, 1.165) is 24.8 Å². The second kappa shape index (κ2) is 10.8. The number of nitrogens with one attached hydrogen (secondary N) is 2. The predicted molar refractivity (Wildman–Crippen MR) is 121 cm³/mol. The minimum absolute atomic E-state index is 0.253. The molecule has 0 saturated carbocycles. The zero-order valence-corrected chi connectivity index (χ0v) is 18.5. The predicted octanol–water partition coefficient (Wildman–Crippen LogP) is 2.49. The quantitative estimate of drug-likeness (QED) is 0.418. The molecule has 3 rings (SSSR count). The van der Waals surface area contributed by atoms with Crippen LogP contribution < -0.4 is 15.4 Å². The Morgan fingerprint density at radius 3 is 2.38 bits per heavy atom. The molecule has 1 aromatic carbocycles. The number of ether oxygens (including phenoxy) is 1. The maximum Gasteiger partial charge on any atom is 0.191 e. The van der Waals surface area contributed by atoms with Gasteiger partial charge < -0.3 is 20.3 Å². The van der Waals surface area contributed by atoms with Crippen molar-refractivity contribution in [1.82, 2.24) is 20.4 Å². The van der Waals surface area contributed by atoms with Crippen LogP contribution in [0, 0.1) is 6.92 Å². The number of piperidine rings is 2. The first kappa shape index (κ1) is 21.9. The second-order valence-corrected chi connectivity index (χ2v) is 8.59.